The Labute approximate surface area is 170 Å². The number of benzene rings is 2. The van der Waals surface area contributed by atoms with Crippen LogP contribution < -0.4 is 10.1 Å². The highest BCUT2D eigenvalue weighted by Crippen LogP contribution is 2.30. The van der Waals surface area contributed by atoms with Crippen LogP contribution in [0.25, 0.3) is 5.69 Å². The van der Waals surface area contributed by atoms with Gasteiger partial charge in [0, 0.05) is 16.3 Å². The van der Waals surface area contributed by atoms with E-state index in [2.05, 4.69) is 10.4 Å². The molecule has 3 rings (SSSR count). The highest BCUT2D eigenvalue weighted by molar-refractivity contribution is 6.30. The predicted molar refractivity (Wildman–Crippen MR) is 113 cm³/mol. The van der Waals surface area contributed by atoms with Gasteiger partial charge in [0.25, 0.3) is 5.91 Å². The first-order valence-corrected chi connectivity index (χ1v) is 9.50. The first kappa shape index (κ1) is 20.0. The number of nitrogens with zero attached hydrogens (tertiary/aromatic N) is 2. The van der Waals surface area contributed by atoms with Crippen LogP contribution in [-0.4, -0.2) is 22.8 Å². The van der Waals surface area contributed by atoms with E-state index in [0.29, 0.717) is 10.6 Å². The maximum Gasteiger partial charge on any atom is 0.259 e. The molecule has 0 unspecified atom stereocenters. The lowest BCUT2D eigenvalue weighted by atomic mass is 10.0. The van der Waals surface area contributed by atoms with Crippen molar-refractivity contribution in [3.05, 3.63) is 70.0 Å². The topological polar surface area (TPSA) is 56.1 Å². The predicted octanol–water partition coefficient (Wildman–Crippen LogP) is 5.53. The van der Waals surface area contributed by atoms with Gasteiger partial charge in [-0.15, -0.1) is 0 Å². The number of amides is 1. The average molecular weight is 398 g/mol. The number of anilines is 1. The molecule has 6 heteroatoms. The number of hydrogen-bond donors (Lipinski definition) is 1. The van der Waals surface area contributed by atoms with Crippen molar-refractivity contribution in [3.8, 4) is 11.4 Å². The van der Waals surface area contributed by atoms with Crippen LogP contribution in [0, 0.1) is 13.8 Å². The fourth-order valence-corrected chi connectivity index (χ4v) is 3.55. The molecule has 0 fully saturated rings. The Morgan fingerprint density at radius 3 is 2.61 bits per heavy atom. The van der Waals surface area contributed by atoms with Crippen molar-refractivity contribution in [1.82, 2.24) is 9.78 Å². The average Bonchev–Trinajstić information content (AvgIpc) is 3.10. The number of carbonyl (C=O) groups excluding carboxylic acids is 1. The molecule has 0 saturated carbocycles. The summed E-state index contributed by atoms with van der Waals surface area (Å²) < 4.78 is 7.23. The van der Waals surface area contributed by atoms with Crippen LogP contribution in [0.5, 0.6) is 5.75 Å². The van der Waals surface area contributed by atoms with Gasteiger partial charge >= 0.3 is 0 Å². The summed E-state index contributed by atoms with van der Waals surface area (Å²) >= 11 is 6.13. The fraction of sp³-hybridized carbons (Fsp3) is 0.273. The zero-order chi connectivity index (χ0) is 20.4. The van der Waals surface area contributed by atoms with E-state index in [1.54, 1.807) is 18.0 Å². The van der Waals surface area contributed by atoms with E-state index in [9.17, 15) is 4.79 Å². The Morgan fingerprint density at radius 1 is 1.21 bits per heavy atom. The van der Waals surface area contributed by atoms with Gasteiger partial charge in [-0.2, -0.15) is 5.10 Å². The van der Waals surface area contributed by atoms with E-state index in [0.717, 1.165) is 33.9 Å². The lowest BCUT2D eigenvalue weighted by Gasteiger charge is -2.15. The molecule has 0 spiro atoms. The standard InChI is InChI=1S/C22H24ClN3O2/c1-13(2)20-18(12-24-26(20)17-8-6-7-16(23)11-17)22(27)25-19-10-9-14(3)21(28-5)15(19)4/h6-13H,1-5H3,(H,25,27). The van der Waals surface area contributed by atoms with Crippen molar-refractivity contribution in [3.63, 3.8) is 0 Å². The molecular formula is C22H24ClN3O2. The molecule has 3 aromatic rings. The number of nitrogens with one attached hydrogen (secondary N) is 1. The lowest BCUT2D eigenvalue weighted by molar-refractivity contribution is 0.102. The second-order valence-corrected chi connectivity index (χ2v) is 7.47. The van der Waals surface area contributed by atoms with Crippen molar-refractivity contribution in [2.75, 3.05) is 12.4 Å². The number of aryl methyl sites for hydroxylation is 1. The molecule has 1 N–H and O–H groups in total. The molecule has 0 atom stereocenters. The van der Waals surface area contributed by atoms with Gasteiger partial charge in [0.2, 0.25) is 0 Å². The molecule has 1 amide bonds. The zero-order valence-electron chi connectivity index (χ0n) is 16.7. The summed E-state index contributed by atoms with van der Waals surface area (Å²) in [5.74, 6) is 0.665. The third-order valence-corrected chi connectivity index (χ3v) is 4.94. The Morgan fingerprint density at radius 2 is 1.96 bits per heavy atom. The minimum absolute atomic E-state index is 0.0934. The number of carbonyl (C=O) groups is 1. The number of ether oxygens (including phenoxy) is 1. The summed E-state index contributed by atoms with van der Waals surface area (Å²) in [5, 5.41) is 8.08. The Kier molecular flexibility index (Phi) is 5.75. The van der Waals surface area contributed by atoms with Gasteiger partial charge in [0.15, 0.2) is 0 Å². The van der Waals surface area contributed by atoms with E-state index in [1.807, 2.05) is 64.1 Å². The summed E-state index contributed by atoms with van der Waals surface area (Å²) in [6.45, 7) is 7.98. The summed E-state index contributed by atoms with van der Waals surface area (Å²) in [6.07, 6.45) is 1.60. The molecule has 0 aliphatic heterocycles. The lowest BCUT2D eigenvalue weighted by Crippen LogP contribution is -2.16. The molecule has 0 aliphatic carbocycles. The molecule has 2 aromatic carbocycles. The molecule has 0 saturated heterocycles. The smallest absolute Gasteiger partial charge is 0.259 e. The quantitative estimate of drug-likeness (QED) is 0.616. The molecule has 0 radical (unpaired) electrons. The third kappa shape index (κ3) is 3.76. The van der Waals surface area contributed by atoms with Gasteiger partial charge in [-0.1, -0.05) is 37.6 Å². The Balaban J connectivity index is 1.99. The van der Waals surface area contributed by atoms with Gasteiger partial charge < -0.3 is 10.1 Å². The van der Waals surface area contributed by atoms with Crippen LogP contribution in [0.2, 0.25) is 5.02 Å². The van der Waals surface area contributed by atoms with Gasteiger partial charge in [0.05, 0.1) is 30.3 Å². The minimum atomic E-state index is -0.203. The summed E-state index contributed by atoms with van der Waals surface area (Å²) in [4.78, 5) is 13.1. The van der Waals surface area contributed by atoms with Crippen LogP contribution in [0.3, 0.4) is 0 Å². The number of halogens is 1. The summed E-state index contributed by atoms with van der Waals surface area (Å²) in [5.41, 5.74) is 4.82. The molecule has 1 aromatic heterocycles. The van der Waals surface area contributed by atoms with Crippen molar-refractivity contribution in [2.45, 2.75) is 33.6 Å². The van der Waals surface area contributed by atoms with Crippen LogP contribution in [0.1, 0.15) is 46.9 Å². The highest BCUT2D eigenvalue weighted by Gasteiger charge is 2.22. The SMILES string of the molecule is COc1c(C)ccc(NC(=O)c2cnn(-c3cccc(Cl)c3)c2C(C)C)c1C. The fourth-order valence-electron chi connectivity index (χ4n) is 3.37. The molecule has 146 valence electrons. The molecule has 1 heterocycles. The molecule has 5 nitrogen and oxygen atoms in total. The highest BCUT2D eigenvalue weighted by atomic mass is 35.5. The van der Waals surface area contributed by atoms with E-state index in [-0.39, 0.29) is 11.8 Å². The van der Waals surface area contributed by atoms with Crippen molar-refractivity contribution >= 4 is 23.2 Å². The van der Waals surface area contributed by atoms with E-state index >= 15 is 0 Å². The van der Waals surface area contributed by atoms with Gasteiger partial charge in [-0.25, -0.2) is 4.68 Å². The normalized spacial score (nSPS) is 11.0. The molecule has 0 bridgehead atoms. The van der Waals surface area contributed by atoms with Crippen LogP contribution in [0.15, 0.2) is 42.6 Å². The van der Waals surface area contributed by atoms with E-state index < -0.39 is 0 Å². The second kappa shape index (κ2) is 8.07. The van der Waals surface area contributed by atoms with Gasteiger partial charge in [-0.05, 0) is 49.6 Å². The Hall–Kier alpha value is -2.79. The summed E-state index contributed by atoms with van der Waals surface area (Å²) in [7, 11) is 1.63. The van der Waals surface area contributed by atoms with Crippen molar-refractivity contribution in [1.29, 1.82) is 0 Å². The zero-order valence-corrected chi connectivity index (χ0v) is 17.5. The monoisotopic (exact) mass is 397 g/mol. The van der Waals surface area contributed by atoms with Crippen LogP contribution >= 0.6 is 11.6 Å². The summed E-state index contributed by atoms with van der Waals surface area (Å²) in [6, 6.07) is 11.2. The number of hydrogen-bond acceptors (Lipinski definition) is 3. The first-order chi connectivity index (χ1) is 13.3. The van der Waals surface area contributed by atoms with Crippen LogP contribution in [0.4, 0.5) is 5.69 Å². The van der Waals surface area contributed by atoms with Gasteiger partial charge in [-0.3, -0.25) is 4.79 Å². The van der Waals surface area contributed by atoms with Crippen molar-refractivity contribution in [2.24, 2.45) is 0 Å². The maximum atomic E-state index is 13.1. The minimum Gasteiger partial charge on any atom is -0.496 e. The molecule has 0 aliphatic rings. The largest absolute Gasteiger partial charge is 0.496 e. The molecular weight excluding hydrogens is 374 g/mol. The van der Waals surface area contributed by atoms with Crippen molar-refractivity contribution < 1.29 is 9.53 Å². The van der Waals surface area contributed by atoms with E-state index in [4.69, 9.17) is 16.3 Å². The van der Waals surface area contributed by atoms with Crippen LogP contribution in [-0.2, 0) is 0 Å². The van der Waals surface area contributed by atoms with Gasteiger partial charge in [0.1, 0.15) is 5.75 Å². The maximum absolute atomic E-state index is 13.1. The molecule has 28 heavy (non-hydrogen) atoms. The Bertz CT molecular complexity index is 1020. The number of aromatic nitrogens is 2. The number of methoxy groups -OCH3 is 1. The first-order valence-electron chi connectivity index (χ1n) is 9.12. The number of rotatable bonds is 5. The third-order valence-electron chi connectivity index (χ3n) is 4.71. The second-order valence-electron chi connectivity index (χ2n) is 7.03. The van der Waals surface area contributed by atoms with E-state index in [1.165, 1.54) is 0 Å².